The first-order valence-electron chi connectivity index (χ1n) is 19.4. The zero-order valence-corrected chi connectivity index (χ0v) is 29.0. The number of rotatable bonds is 4. The monoisotopic (exact) mass is 709 g/mol. The third-order valence-corrected chi connectivity index (χ3v) is 12.7. The molecule has 238 valence electrons. The van der Waals surface area contributed by atoms with Gasteiger partial charge in [-0.2, -0.15) is 0 Å². The molecule has 4 aromatic heterocycles. The van der Waals surface area contributed by atoms with Gasteiger partial charge < -0.3 is 0 Å². The first-order chi connectivity index (χ1) is 27.8. The Balaban J connectivity index is 1.18. The Morgan fingerprint density at radius 3 is 1.96 bits per heavy atom. The van der Waals surface area contributed by atoms with Crippen LogP contribution < -0.4 is 0 Å². The molecule has 0 unspecified atom stereocenters. The lowest BCUT2D eigenvalue weighted by Crippen LogP contribution is -2.00. The number of benzene rings is 7. The molecule has 0 aliphatic rings. The molecule has 0 fully saturated rings. The minimum Gasteiger partial charge on any atom is -0.208 e. The van der Waals surface area contributed by atoms with E-state index < -0.39 is 0 Å². The highest BCUT2D eigenvalue weighted by Crippen LogP contribution is 2.46. The number of fused-ring (bicyclic) bond motifs is 9. The molecule has 0 atom stereocenters. The Morgan fingerprint density at radius 1 is 0.412 bits per heavy atom. The fourth-order valence-electron chi connectivity index (χ4n) is 6.90. The molecule has 0 amide bonds. The highest BCUT2D eigenvalue weighted by atomic mass is 32.1. The topological polar surface area (TPSA) is 38.7 Å². The van der Waals surface area contributed by atoms with Crippen LogP contribution in [0.5, 0.6) is 0 Å². The third-order valence-electron chi connectivity index (χ3n) is 9.26. The SMILES string of the molecule is [2H]c1c([2H])c([2H])c2c(sc3c([2H])c(-c4nc(-c5ccccc5)nc(-c5ccc6c(c5)sc5ccccc56)n4)c([2H])c([2H])c32)c1-c1cccc2sc3ccccc3c12. The van der Waals surface area contributed by atoms with Crippen LogP contribution in [-0.4, -0.2) is 15.0 Å². The smallest absolute Gasteiger partial charge is 0.164 e. The zero-order valence-electron chi connectivity index (χ0n) is 32.5. The molecule has 6 heteroatoms. The largest absolute Gasteiger partial charge is 0.208 e. The first-order valence-corrected chi connectivity index (χ1v) is 18.8. The maximum Gasteiger partial charge on any atom is 0.164 e. The number of hydrogen-bond acceptors (Lipinski definition) is 6. The van der Waals surface area contributed by atoms with Crippen molar-refractivity contribution >= 4 is 94.5 Å². The molecule has 0 bridgehead atoms. The summed E-state index contributed by atoms with van der Waals surface area (Å²) in [4.78, 5) is 14.7. The van der Waals surface area contributed by atoms with Crippen molar-refractivity contribution in [2.45, 2.75) is 0 Å². The van der Waals surface area contributed by atoms with Gasteiger partial charge >= 0.3 is 0 Å². The van der Waals surface area contributed by atoms with Crippen LogP contribution in [0.2, 0.25) is 0 Å². The molecule has 7 aromatic carbocycles. The molecule has 0 radical (unpaired) electrons. The molecule has 0 aliphatic heterocycles. The van der Waals surface area contributed by atoms with Crippen molar-refractivity contribution in [3.8, 4) is 45.3 Å². The second kappa shape index (κ2) is 11.4. The van der Waals surface area contributed by atoms with Gasteiger partial charge in [-0.1, -0.05) is 121 Å². The summed E-state index contributed by atoms with van der Waals surface area (Å²) in [6.45, 7) is 0. The second-order valence-corrected chi connectivity index (χ2v) is 15.5. The van der Waals surface area contributed by atoms with Crippen LogP contribution in [0.15, 0.2) is 152 Å². The third kappa shape index (κ3) is 4.65. The lowest BCUT2D eigenvalue weighted by molar-refractivity contribution is 1.08. The average Bonchev–Trinajstić information content (AvgIpc) is 3.94. The van der Waals surface area contributed by atoms with Gasteiger partial charge in [-0.25, -0.2) is 15.0 Å². The van der Waals surface area contributed by atoms with Gasteiger partial charge in [-0.15, -0.1) is 34.0 Å². The van der Waals surface area contributed by atoms with Crippen molar-refractivity contribution in [1.82, 2.24) is 15.0 Å². The Kier molecular flexibility index (Phi) is 5.26. The molecule has 11 aromatic rings. The standard InChI is InChI=1S/C45H25N3S3/c1-2-10-26(11-3-1)43-46-44(27-20-22-30-29-12-4-6-17-36(29)50-39(30)24-27)48-45(47-43)28-21-23-31-33-15-8-16-34(42(33)51-40(31)25-28)32-14-9-19-38-41(32)35-13-5-7-18-37(35)49-38/h1-25H/i8D,15D,16D,21D,23D,25D. The van der Waals surface area contributed by atoms with Gasteiger partial charge in [0.05, 0.1) is 8.22 Å². The van der Waals surface area contributed by atoms with E-state index in [9.17, 15) is 5.48 Å². The summed E-state index contributed by atoms with van der Waals surface area (Å²) >= 11 is 4.56. The van der Waals surface area contributed by atoms with Gasteiger partial charge in [0.1, 0.15) is 0 Å². The van der Waals surface area contributed by atoms with Crippen LogP contribution in [0.25, 0.3) is 106 Å². The van der Waals surface area contributed by atoms with Gasteiger partial charge in [-0.05, 0) is 35.9 Å². The van der Waals surface area contributed by atoms with Crippen LogP contribution in [0.4, 0.5) is 0 Å². The van der Waals surface area contributed by atoms with E-state index in [1.165, 1.54) is 21.4 Å². The average molecular weight is 710 g/mol. The minimum absolute atomic E-state index is 0.0501. The van der Waals surface area contributed by atoms with Gasteiger partial charge in [0.15, 0.2) is 17.5 Å². The molecule has 0 saturated carbocycles. The van der Waals surface area contributed by atoms with E-state index in [4.69, 9.17) is 17.7 Å². The van der Waals surface area contributed by atoms with Crippen molar-refractivity contribution in [3.05, 3.63) is 152 Å². The van der Waals surface area contributed by atoms with E-state index in [0.29, 0.717) is 32.0 Å². The molecule has 3 nitrogen and oxygen atoms in total. The van der Waals surface area contributed by atoms with Gasteiger partial charge in [0.2, 0.25) is 0 Å². The molecular weight excluding hydrogens is 679 g/mol. The van der Waals surface area contributed by atoms with Gasteiger partial charge in [0, 0.05) is 82.8 Å². The number of thiophene rings is 3. The maximum absolute atomic E-state index is 9.69. The predicted octanol–water partition coefficient (Wildman–Crippen LogP) is 13.6. The van der Waals surface area contributed by atoms with E-state index in [1.54, 1.807) is 22.7 Å². The van der Waals surface area contributed by atoms with Crippen molar-refractivity contribution < 1.29 is 8.22 Å². The fourth-order valence-corrected chi connectivity index (χ4v) is 10.3. The lowest BCUT2D eigenvalue weighted by Gasteiger charge is -2.09. The molecule has 0 aliphatic carbocycles. The summed E-state index contributed by atoms with van der Waals surface area (Å²) in [5.74, 6) is 0.851. The van der Waals surface area contributed by atoms with Gasteiger partial charge in [-0.3, -0.25) is 0 Å². The number of nitrogens with zero attached hydrogens (tertiary/aromatic N) is 3. The van der Waals surface area contributed by atoms with E-state index in [1.807, 2.05) is 78.9 Å². The molecular formula is C45H25N3S3. The van der Waals surface area contributed by atoms with Crippen LogP contribution in [-0.2, 0) is 0 Å². The van der Waals surface area contributed by atoms with Gasteiger partial charge in [0.25, 0.3) is 0 Å². The van der Waals surface area contributed by atoms with E-state index in [0.717, 1.165) is 46.9 Å². The van der Waals surface area contributed by atoms with Crippen LogP contribution in [0, 0.1) is 0 Å². The lowest BCUT2D eigenvalue weighted by atomic mass is 9.98. The van der Waals surface area contributed by atoms with Crippen molar-refractivity contribution in [2.75, 3.05) is 0 Å². The van der Waals surface area contributed by atoms with E-state index >= 15 is 0 Å². The van der Waals surface area contributed by atoms with E-state index in [2.05, 4.69) is 36.4 Å². The van der Waals surface area contributed by atoms with Crippen LogP contribution in [0.1, 0.15) is 8.22 Å². The molecule has 0 N–H and O–H groups in total. The summed E-state index contributed by atoms with van der Waals surface area (Å²) in [5.41, 5.74) is 2.82. The summed E-state index contributed by atoms with van der Waals surface area (Å²) < 4.78 is 61.1. The summed E-state index contributed by atoms with van der Waals surface area (Å²) in [5, 5.41) is 4.87. The summed E-state index contributed by atoms with van der Waals surface area (Å²) in [6, 6.07) is 36.9. The highest BCUT2D eigenvalue weighted by Gasteiger charge is 2.18. The van der Waals surface area contributed by atoms with Crippen LogP contribution in [0.3, 0.4) is 0 Å². The minimum atomic E-state index is -0.263. The Morgan fingerprint density at radius 2 is 1.10 bits per heavy atom. The summed E-state index contributed by atoms with van der Waals surface area (Å²) in [7, 11) is 0. The first kappa shape index (κ1) is 23.6. The second-order valence-electron chi connectivity index (χ2n) is 12.3. The quantitative estimate of drug-likeness (QED) is 0.183. The van der Waals surface area contributed by atoms with Crippen molar-refractivity contribution in [1.29, 1.82) is 0 Å². The molecule has 11 rings (SSSR count). The molecule has 0 spiro atoms. The maximum atomic E-state index is 9.69. The molecule has 4 heterocycles. The normalized spacial score (nSPS) is 13.6. The Labute approximate surface area is 313 Å². The number of aromatic nitrogens is 3. The Hall–Kier alpha value is -5.79. The zero-order chi connectivity index (χ0) is 38.7. The summed E-state index contributed by atoms with van der Waals surface area (Å²) in [6.07, 6.45) is 0. The Bertz CT molecular complexity index is 3500. The van der Waals surface area contributed by atoms with Crippen molar-refractivity contribution in [2.24, 2.45) is 0 Å². The highest BCUT2D eigenvalue weighted by molar-refractivity contribution is 7.27. The fraction of sp³-hybridized carbons (Fsp3) is 0. The van der Waals surface area contributed by atoms with E-state index in [-0.39, 0.29) is 53.0 Å². The van der Waals surface area contributed by atoms with Crippen molar-refractivity contribution in [3.63, 3.8) is 0 Å². The number of hydrogen-bond donors (Lipinski definition) is 0. The molecule has 0 saturated heterocycles. The van der Waals surface area contributed by atoms with Crippen LogP contribution >= 0.6 is 34.0 Å². The molecule has 51 heavy (non-hydrogen) atoms. The predicted molar refractivity (Wildman–Crippen MR) is 220 cm³/mol.